The molecule has 0 aromatic rings. The van der Waals surface area contributed by atoms with E-state index in [-0.39, 0.29) is 0 Å². The Morgan fingerprint density at radius 1 is 1.38 bits per heavy atom. The molecule has 0 N–H and O–H groups in total. The second-order valence-corrected chi connectivity index (χ2v) is 11.9. The monoisotopic (exact) mass is 455 g/mol. The zero-order valence-electron chi connectivity index (χ0n) is 12.7. The van der Waals surface area contributed by atoms with Crippen LogP contribution in [0.4, 0.5) is 4.79 Å². The predicted octanol–water partition coefficient (Wildman–Crippen LogP) is 3.40. The van der Waals surface area contributed by atoms with Crippen LogP contribution < -0.4 is 0 Å². The molecule has 2 fully saturated rings. The first-order valence-electron chi connectivity index (χ1n) is 6.53. The van der Waals surface area contributed by atoms with Gasteiger partial charge in [-0.3, -0.25) is 4.79 Å². The lowest BCUT2D eigenvalue weighted by molar-refractivity contribution is -0.161. The number of carbonyl (C=O) groups is 3. The molecule has 0 saturated carbocycles. The number of ether oxygens (including phenoxy) is 2. The molecule has 2 saturated heterocycles. The van der Waals surface area contributed by atoms with Crippen LogP contribution in [0.2, 0.25) is 0 Å². The molecule has 0 radical (unpaired) electrons. The number of halogens is 4. The van der Waals surface area contributed by atoms with Crippen molar-refractivity contribution < 1.29 is 23.9 Å². The van der Waals surface area contributed by atoms with Gasteiger partial charge in [-0.15, -0.1) is 11.8 Å². The summed E-state index contributed by atoms with van der Waals surface area (Å²) in [6.45, 7) is 3.10. The first-order chi connectivity index (χ1) is 10.8. The lowest BCUT2D eigenvalue weighted by atomic mass is 9.98. The summed E-state index contributed by atoms with van der Waals surface area (Å²) < 4.78 is 5.60. The Kier molecular flexibility index (Phi) is 5.81. The van der Waals surface area contributed by atoms with Gasteiger partial charge in [-0.05, 0) is 25.6 Å². The number of alkyl halides is 4. The van der Waals surface area contributed by atoms with Gasteiger partial charge in [-0.2, -0.15) is 0 Å². The van der Waals surface area contributed by atoms with Crippen molar-refractivity contribution in [2.45, 2.75) is 38.0 Å². The Hall–Kier alpha value is 0.270. The number of carbonyl (C=O) groups excluding carboxylic acids is 3. The van der Waals surface area contributed by atoms with Gasteiger partial charge in [0.15, 0.2) is 0 Å². The highest BCUT2D eigenvalue weighted by Crippen LogP contribution is 2.61. The topological polar surface area (TPSA) is 72.9 Å². The number of hydrogen-bond acceptors (Lipinski definition) is 7. The Bertz CT molecular complexity index is 584. The fourth-order valence-corrected chi connectivity index (χ4v) is 5.67. The van der Waals surface area contributed by atoms with Gasteiger partial charge in [0.05, 0.1) is 7.11 Å². The maximum atomic E-state index is 12.5. The number of esters is 1. The molecule has 3 atom stereocenters. The van der Waals surface area contributed by atoms with E-state index in [0.717, 1.165) is 0 Å². The molecular weight excluding hydrogens is 444 g/mol. The summed E-state index contributed by atoms with van der Waals surface area (Å²) in [5.41, 5.74) is 0. The third kappa shape index (κ3) is 3.69. The molecule has 0 bridgehead atoms. The maximum absolute atomic E-state index is 12.5. The van der Waals surface area contributed by atoms with E-state index in [9.17, 15) is 14.4 Å². The zero-order valence-corrected chi connectivity index (χ0v) is 17.3. The molecule has 2 aliphatic rings. The highest BCUT2D eigenvalue weighted by atomic mass is 35.6. The average Bonchev–Trinajstić information content (AvgIpc) is 2.73. The summed E-state index contributed by atoms with van der Waals surface area (Å²) in [4.78, 5) is 37.7. The van der Waals surface area contributed by atoms with Crippen LogP contribution in [0.3, 0.4) is 0 Å². The van der Waals surface area contributed by atoms with Gasteiger partial charge in [0.25, 0.3) is 5.91 Å². The average molecular weight is 457 g/mol. The summed E-state index contributed by atoms with van der Waals surface area (Å²) >= 11 is 24.9. The molecule has 0 aromatic carbocycles. The highest BCUT2D eigenvalue weighted by Gasteiger charge is 2.72. The van der Waals surface area contributed by atoms with Gasteiger partial charge in [0.2, 0.25) is 8.00 Å². The van der Waals surface area contributed by atoms with Gasteiger partial charge >= 0.3 is 11.3 Å². The number of hydrogen-bond donors (Lipinski definition) is 0. The van der Waals surface area contributed by atoms with E-state index in [1.807, 2.05) is 0 Å². The van der Waals surface area contributed by atoms with Crippen LogP contribution in [-0.2, 0) is 19.1 Å². The zero-order chi connectivity index (χ0) is 18.5. The Morgan fingerprint density at radius 3 is 2.46 bits per heavy atom. The molecule has 2 aliphatic heterocycles. The molecule has 1 amide bonds. The lowest BCUT2D eigenvalue weighted by Gasteiger charge is -2.48. The number of fused-ring (bicyclic) bond motifs is 1. The van der Waals surface area contributed by atoms with Crippen molar-refractivity contribution in [1.29, 1.82) is 0 Å². The van der Waals surface area contributed by atoms with Crippen LogP contribution >= 0.6 is 69.9 Å². The van der Waals surface area contributed by atoms with Crippen LogP contribution in [-0.4, -0.2) is 60.0 Å². The summed E-state index contributed by atoms with van der Waals surface area (Å²) in [6, 6.07) is -0.905. The molecule has 0 aliphatic carbocycles. The summed E-state index contributed by atoms with van der Waals surface area (Å²) in [6.07, 6.45) is 0. The normalized spacial score (nSPS) is 31.3. The van der Waals surface area contributed by atoms with Crippen LogP contribution in [0.5, 0.6) is 0 Å². The van der Waals surface area contributed by atoms with E-state index in [0.29, 0.717) is 11.8 Å². The van der Waals surface area contributed by atoms with Crippen molar-refractivity contribution in [1.82, 2.24) is 4.90 Å². The molecule has 24 heavy (non-hydrogen) atoms. The van der Waals surface area contributed by atoms with Gasteiger partial charge < -0.3 is 14.4 Å². The Balaban J connectivity index is 2.17. The fraction of sp³-hybridized carbons (Fsp3) is 0.750. The molecule has 0 spiro atoms. The first-order valence-corrected chi connectivity index (χ1v) is 9.74. The number of nitrogens with zero attached hydrogens (tertiary/aromatic N) is 1. The van der Waals surface area contributed by atoms with E-state index in [2.05, 4.69) is 4.74 Å². The van der Waals surface area contributed by atoms with Crippen molar-refractivity contribution in [2.75, 3.05) is 13.7 Å². The van der Waals surface area contributed by atoms with Gasteiger partial charge in [-0.1, -0.05) is 46.4 Å². The predicted molar refractivity (Wildman–Crippen MR) is 95.9 cm³/mol. The van der Waals surface area contributed by atoms with Crippen LogP contribution in [0.25, 0.3) is 0 Å². The van der Waals surface area contributed by atoms with Crippen molar-refractivity contribution in [3.8, 4) is 0 Å². The summed E-state index contributed by atoms with van der Waals surface area (Å²) in [7, 11) is 1.19. The van der Waals surface area contributed by atoms with E-state index in [1.54, 1.807) is 13.8 Å². The van der Waals surface area contributed by atoms with E-state index >= 15 is 0 Å². The third-order valence-corrected chi connectivity index (χ3v) is 7.32. The van der Waals surface area contributed by atoms with Crippen molar-refractivity contribution in [3.05, 3.63) is 0 Å². The largest absolute Gasteiger partial charge is 0.461 e. The minimum atomic E-state index is -1.75. The van der Waals surface area contributed by atoms with Gasteiger partial charge in [0.1, 0.15) is 18.0 Å². The number of thioether (sulfide) groups is 2. The molecule has 136 valence electrons. The molecule has 2 heterocycles. The van der Waals surface area contributed by atoms with Crippen molar-refractivity contribution in [3.63, 3.8) is 0 Å². The Morgan fingerprint density at radius 2 is 1.96 bits per heavy atom. The van der Waals surface area contributed by atoms with E-state index < -0.39 is 47.9 Å². The second kappa shape index (κ2) is 6.78. The number of β-lactam (4-membered cyclic amide) rings is 1. The first kappa shape index (κ1) is 20.6. The van der Waals surface area contributed by atoms with Gasteiger partial charge in [0, 0.05) is 4.75 Å². The van der Waals surface area contributed by atoms with Gasteiger partial charge in [-0.25, -0.2) is 9.59 Å². The maximum Gasteiger partial charge on any atom is 0.369 e. The fourth-order valence-electron chi connectivity index (χ4n) is 2.46. The minimum Gasteiger partial charge on any atom is -0.461 e. The Labute approximate surface area is 167 Å². The number of rotatable bonds is 3. The minimum absolute atomic E-state index is 0.441. The summed E-state index contributed by atoms with van der Waals surface area (Å²) in [5.74, 6) is -1.25. The molecule has 0 aromatic heterocycles. The van der Waals surface area contributed by atoms with Crippen molar-refractivity contribution >= 4 is 87.1 Å². The molecule has 6 nitrogen and oxygen atoms in total. The van der Waals surface area contributed by atoms with E-state index in [1.165, 1.54) is 23.8 Å². The highest BCUT2D eigenvalue weighted by molar-refractivity contribution is 8.17. The standard InChI is InChI=1S/C12H13Cl4NO5S2/c1-10(2)5(6(18)22-4-11(13,14)15)17-7(19)12(16,8(17)23-10)24-9(20)21-3/h5,8H,4H2,1-3H3/t5-,8+,12+/m0/s1. The summed E-state index contributed by atoms with van der Waals surface area (Å²) in [5, 5.41) is -1.27. The molecule has 12 heteroatoms. The van der Waals surface area contributed by atoms with E-state index in [4.69, 9.17) is 51.1 Å². The van der Waals surface area contributed by atoms with Crippen molar-refractivity contribution in [2.24, 2.45) is 0 Å². The number of amides is 1. The molecule has 0 unspecified atom stereocenters. The molecule has 2 rings (SSSR count). The second-order valence-electron chi connectivity index (χ2n) is 5.61. The van der Waals surface area contributed by atoms with Crippen LogP contribution in [0.1, 0.15) is 13.8 Å². The smallest absolute Gasteiger partial charge is 0.369 e. The SMILES string of the molecule is COC(=O)S[C@]1(Cl)C(=O)N2[C@@H](C(=O)OCC(Cl)(Cl)Cl)C(C)(C)S[C@@H]21. The quantitative estimate of drug-likeness (QED) is 0.366. The van der Waals surface area contributed by atoms with Crippen LogP contribution in [0.15, 0.2) is 0 Å². The van der Waals surface area contributed by atoms with Crippen LogP contribution in [0, 0.1) is 0 Å². The number of methoxy groups -OCH3 is 1. The molecular formula is C12H13Cl4NO5S2. The lowest BCUT2D eigenvalue weighted by Crippen LogP contribution is -2.70. The third-order valence-electron chi connectivity index (χ3n) is 3.45.